The van der Waals surface area contributed by atoms with E-state index in [2.05, 4.69) is 0 Å². The Hall–Kier alpha value is -2.74. The number of hydrogen-bond donors (Lipinski definition) is 1. The van der Waals surface area contributed by atoms with Crippen LogP contribution in [0.25, 0.3) is 0 Å². The van der Waals surface area contributed by atoms with Gasteiger partial charge in [-0.1, -0.05) is 11.6 Å². The highest BCUT2D eigenvalue weighted by Crippen LogP contribution is 2.57. The van der Waals surface area contributed by atoms with Crippen LogP contribution < -0.4 is 0 Å². The van der Waals surface area contributed by atoms with E-state index in [1.54, 1.807) is 12.1 Å². The summed E-state index contributed by atoms with van der Waals surface area (Å²) in [6.07, 6.45) is 2.78. The molecule has 29 heavy (non-hydrogen) atoms. The van der Waals surface area contributed by atoms with Gasteiger partial charge in [-0.2, -0.15) is 0 Å². The van der Waals surface area contributed by atoms with Crippen LogP contribution in [0.4, 0.5) is 0 Å². The van der Waals surface area contributed by atoms with Crippen molar-refractivity contribution in [1.82, 2.24) is 9.80 Å². The number of aliphatic hydroxyl groups is 1. The summed E-state index contributed by atoms with van der Waals surface area (Å²) >= 11 is 0. The molecule has 1 N–H and O–H groups in total. The number of amides is 4. The molecule has 1 saturated carbocycles. The van der Waals surface area contributed by atoms with Gasteiger partial charge in [0.2, 0.25) is 23.6 Å². The zero-order chi connectivity index (χ0) is 20.6. The molecule has 1 aromatic rings. The van der Waals surface area contributed by atoms with Gasteiger partial charge in [0.15, 0.2) is 0 Å². The van der Waals surface area contributed by atoms with Crippen molar-refractivity contribution in [2.45, 2.75) is 25.4 Å². The predicted molar refractivity (Wildman–Crippen MR) is 97.7 cm³/mol. The standard InChI is InChI=1S/C21H22N2O6/c1-22-18(25)11-5-4-10-12(15(11)20(22)27)7-13-17(21(28)23(2)19(13)26)16(10)14-6-3-9(8-24)29-14/h3-4,6,11-13,15-17,24H,5,7-8H2,1-2H3. The van der Waals surface area contributed by atoms with Crippen LogP contribution in [-0.2, 0) is 25.8 Å². The van der Waals surface area contributed by atoms with Crippen molar-refractivity contribution in [3.8, 4) is 0 Å². The van der Waals surface area contributed by atoms with Gasteiger partial charge in [-0.15, -0.1) is 0 Å². The Morgan fingerprint density at radius 3 is 2.24 bits per heavy atom. The normalized spacial score (nSPS) is 36.3. The van der Waals surface area contributed by atoms with Crippen LogP contribution in [-0.4, -0.2) is 52.6 Å². The van der Waals surface area contributed by atoms with Gasteiger partial charge in [0.1, 0.15) is 18.1 Å². The van der Waals surface area contributed by atoms with Crippen LogP contribution in [0.2, 0.25) is 0 Å². The van der Waals surface area contributed by atoms with Crippen molar-refractivity contribution >= 4 is 23.6 Å². The molecule has 4 aliphatic rings. The largest absolute Gasteiger partial charge is 0.463 e. The highest BCUT2D eigenvalue weighted by Gasteiger charge is 2.61. The number of hydrogen-bond acceptors (Lipinski definition) is 6. The summed E-state index contributed by atoms with van der Waals surface area (Å²) in [5.74, 6) is -2.81. The third-order valence-corrected chi connectivity index (χ3v) is 7.23. The Bertz CT molecular complexity index is 978. The highest BCUT2D eigenvalue weighted by atomic mass is 16.4. The number of likely N-dealkylation sites (tertiary alicyclic amines) is 2. The average Bonchev–Trinajstić information content (AvgIpc) is 3.35. The Balaban J connectivity index is 1.64. The number of imide groups is 2. The lowest BCUT2D eigenvalue weighted by Crippen LogP contribution is -2.42. The van der Waals surface area contributed by atoms with E-state index in [-0.39, 0.29) is 36.2 Å². The summed E-state index contributed by atoms with van der Waals surface area (Å²) in [5.41, 5.74) is 0.902. The van der Waals surface area contributed by atoms with Crippen LogP contribution in [0, 0.1) is 29.6 Å². The highest BCUT2D eigenvalue weighted by molar-refractivity contribution is 6.07. The maximum atomic E-state index is 12.9. The molecule has 8 heteroatoms. The van der Waals surface area contributed by atoms with Gasteiger partial charge in [0, 0.05) is 14.1 Å². The fourth-order valence-electron chi connectivity index (χ4n) is 5.87. The third kappa shape index (κ3) is 2.29. The van der Waals surface area contributed by atoms with Crippen LogP contribution >= 0.6 is 0 Å². The van der Waals surface area contributed by atoms with Crippen LogP contribution in [0.3, 0.4) is 0 Å². The SMILES string of the molecule is CN1C(=O)C2CC=C3C(CC4C(=O)N(C)C(=O)C4C3c3ccc(CO)o3)C2C1=O. The minimum Gasteiger partial charge on any atom is -0.463 e. The fourth-order valence-corrected chi connectivity index (χ4v) is 5.87. The number of aliphatic hydroxyl groups excluding tert-OH is 1. The zero-order valence-electron chi connectivity index (χ0n) is 16.2. The van der Waals surface area contributed by atoms with Gasteiger partial charge in [-0.3, -0.25) is 29.0 Å². The molecule has 0 spiro atoms. The van der Waals surface area contributed by atoms with E-state index >= 15 is 0 Å². The quantitative estimate of drug-likeness (QED) is 0.579. The molecule has 3 fully saturated rings. The first-order chi connectivity index (χ1) is 13.8. The van der Waals surface area contributed by atoms with E-state index in [0.29, 0.717) is 24.4 Å². The third-order valence-electron chi connectivity index (χ3n) is 7.23. The number of rotatable bonds is 2. The Kier molecular flexibility index (Phi) is 3.87. The van der Waals surface area contributed by atoms with Gasteiger partial charge in [0.05, 0.1) is 29.6 Å². The summed E-state index contributed by atoms with van der Waals surface area (Å²) < 4.78 is 5.79. The topological polar surface area (TPSA) is 108 Å². The molecule has 0 radical (unpaired) electrons. The minimum atomic E-state index is -0.589. The molecule has 2 aliphatic heterocycles. The Morgan fingerprint density at radius 1 is 0.931 bits per heavy atom. The van der Waals surface area contributed by atoms with Gasteiger partial charge >= 0.3 is 0 Å². The second-order valence-corrected chi connectivity index (χ2v) is 8.46. The maximum absolute atomic E-state index is 12.9. The predicted octanol–water partition coefficient (Wildman–Crippen LogP) is 0.667. The van der Waals surface area contributed by atoms with Crippen molar-refractivity contribution in [3.63, 3.8) is 0 Å². The lowest BCUT2D eigenvalue weighted by Gasteiger charge is -2.43. The second-order valence-electron chi connectivity index (χ2n) is 8.46. The molecular formula is C21H22N2O6. The van der Waals surface area contributed by atoms with Gasteiger partial charge < -0.3 is 9.52 Å². The van der Waals surface area contributed by atoms with E-state index in [1.807, 2.05) is 6.08 Å². The van der Waals surface area contributed by atoms with E-state index in [4.69, 9.17) is 4.42 Å². The van der Waals surface area contributed by atoms with E-state index < -0.39 is 29.6 Å². The van der Waals surface area contributed by atoms with Gasteiger partial charge in [-0.05, 0) is 30.9 Å². The van der Waals surface area contributed by atoms with Gasteiger partial charge in [0.25, 0.3) is 0 Å². The molecule has 1 aromatic heterocycles. The molecular weight excluding hydrogens is 376 g/mol. The molecule has 2 aliphatic carbocycles. The van der Waals surface area contributed by atoms with E-state index in [1.165, 1.54) is 23.9 Å². The number of carbonyl (C=O) groups is 4. The molecule has 6 atom stereocenters. The monoisotopic (exact) mass is 398 g/mol. The number of fused-ring (bicyclic) bond motifs is 4. The molecule has 5 rings (SSSR count). The number of allylic oxidation sites excluding steroid dienone is 2. The Morgan fingerprint density at radius 2 is 1.59 bits per heavy atom. The molecule has 8 nitrogen and oxygen atoms in total. The first kappa shape index (κ1) is 18.3. The average molecular weight is 398 g/mol. The summed E-state index contributed by atoms with van der Waals surface area (Å²) in [6, 6.07) is 3.38. The minimum absolute atomic E-state index is 0.180. The molecule has 6 unspecified atom stereocenters. The first-order valence-electron chi connectivity index (χ1n) is 9.87. The molecule has 4 amide bonds. The van der Waals surface area contributed by atoms with Crippen molar-refractivity contribution in [3.05, 3.63) is 35.3 Å². The molecule has 152 valence electrons. The van der Waals surface area contributed by atoms with Crippen molar-refractivity contribution in [1.29, 1.82) is 0 Å². The van der Waals surface area contributed by atoms with E-state index in [0.717, 1.165) is 5.57 Å². The zero-order valence-corrected chi connectivity index (χ0v) is 16.2. The first-order valence-corrected chi connectivity index (χ1v) is 9.87. The van der Waals surface area contributed by atoms with Crippen LogP contribution in [0.15, 0.2) is 28.2 Å². The fraction of sp³-hybridized carbons (Fsp3) is 0.524. The summed E-state index contributed by atoms with van der Waals surface area (Å²) in [4.78, 5) is 53.5. The van der Waals surface area contributed by atoms with Crippen LogP contribution in [0.5, 0.6) is 0 Å². The smallest absolute Gasteiger partial charge is 0.233 e. The lowest BCUT2D eigenvalue weighted by atomic mass is 9.58. The van der Waals surface area contributed by atoms with E-state index in [9.17, 15) is 24.3 Å². The summed E-state index contributed by atoms with van der Waals surface area (Å²) in [6.45, 7) is -0.265. The summed E-state index contributed by atoms with van der Waals surface area (Å²) in [7, 11) is 2.99. The molecule has 0 bridgehead atoms. The van der Waals surface area contributed by atoms with Crippen molar-refractivity contribution < 1.29 is 28.7 Å². The Labute approximate surface area is 167 Å². The van der Waals surface area contributed by atoms with Crippen molar-refractivity contribution in [2.24, 2.45) is 29.6 Å². The number of carbonyl (C=O) groups excluding carboxylic acids is 4. The molecule has 3 heterocycles. The second kappa shape index (κ2) is 6.13. The molecule has 0 aromatic carbocycles. The number of furan rings is 1. The lowest BCUT2D eigenvalue weighted by molar-refractivity contribution is -0.140. The van der Waals surface area contributed by atoms with Gasteiger partial charge in [-0.25, -0.2) is 0 Å². The number of nitrogens with zero attached hydrogens (tertiary/aromatic N) is 2. The van der Waals surface area contributed by atoms with Crippen molar-refractivity contribution in [2.75, 3.05) is 14.1 Å². The summed E-state index contributed by atoms with van der Waals surface area (Å²) in [5, 5.41) is 9.40. The van der Waals surface area contributed by atoms with Crippen LogP contribution in [0.1, 0.15) is 30.3 Å². The molecule has 2 saturated heterocycles. The maximum Gasteiger partial charge on any atom is 0.233 e.